The number of rotatable bonds is 7. The number of ketones is 1. The highest BCUT2D eigenvalue weighted by molar-refractivity contribution is 6.20. The van der Waals surface area contributed by atoms with E-state index in [2.05, 4.69) is 28.0 Å². The Morgan fingerprint density at radius 2 is 1.79 bits per heavy atom. The monoisotopic (exact) mass is 561 g/mol. The number of nitriles is 1. The van der Waals surface area contributed by atoms with Gasteiger partial charge in [0.15, 0.2) is 11.6 Å². The lowest BCUT2D eigenvalue weighted by atomic mass is 9.91. The lowest BCUT2D eigenvalue weighted by Crippen LogP contribution is -2.31. The van der Waals surface area contributed by atoms with Crippen molar-refractivity contribution in [2.24, 2.45) is 5.92 Å². The molecule has 2 aromatic heterocycles. The molecule has 7 nitrogen and oxygen atoms in total. The normalized spacial score (nSPS) is 15.7. The molecule has 0 amide bonds. The summed E-state index contributed by atoms with van der Waals surface area (Å²) in [5.41, 5.74) is 3.46. The fourth-order valence-corrected chi connectivity index (χ4v) is 6.31. The molecule has 1 unspecified atom stereocenters. The van der Waals surface area contributed by atoms with Gasteiger partial charge in [0.25, 0.3) is 5.56 Å². The van der Waals surface area contributed by atoms with Crippen molar-refractivity contribution in [3.63, 3.8) is 0 Å². The van der Waals surface area contributed by atoms with Crippen molar-refractivity contribution in [3.05, 3.63) is 105 Å². The van der Waals surface area contributed by atoms with Crippen molar-refractivity contribution in [1.29, 1.82) is 5.26 Å². The van der Waals surface area contributed by atoms with Crippen molar-refractivity contribution in [2.45, 2.75) is 45.1 Å². The average Bonchev–Trinajstić information content (AvgIpc) is 3.29. The number of halogens is 1. The first kappa shape index (κ1) is 27.7. The summed E-state index contributed by atoms with van der Waals surface area (Å²) in [5.74, 6) is 0.0178. The molecule has 1 atom stereocenters. The second-order valence-electron chi connectivity index (χ2n) is 11.4. The maximum atomic E-state index is 15.1. The summed E-state index contributed by atoms with van der Waals surface area (Å²) in [7, 11) is 2.17. The maximum absolute atomic E-state index is 15.1. The average molecular weight is 562 g/mol. The lowest BCUT2D eigenvalue weighted by Gasteiger charge is -2.28. The van der Waals surface area contributed by atoms with Crippen LogP contribution < -0.4 is 5.56 Å². The summed E-state index contributed by atoms with van der Waals surface area (Å²) in [6, 6.07) is 14.8. The van der Waals surface area contributed by atoms with Gasteiger partial charge in [0, 0.05) is 29.1 Å². The molecular formula is C34H32FN5O2. The summed E-state index contributed by atoms with van der Waals surface area (Å²) in [6.45, 7) is 4.21. The van der Waals surface area contributed by atoms with Crippen molar-refractivity contribution >= 4 is 5.78 Å². The topological polar surface area (TPSA) is 91.9 Å². The summed E-state index contributed by atoms with van der Waals surface area (Å²) < 4.78 is 16.4. The van der Waals surface area contributed by atoms with Crippen LogP contribution in [-0.2, 0) is 6.42 Å². The second-order valence-corrected chi connectivity index (χ2v) is 11.4. The highest BCUT2D eigenvalue weighted by Gasteiger charge is 2.34. The van der Waals surface area contributed by atoms with Crippen LogP contribution in [0.1, 0.15) is 71.4 Å². The Hall–Kier alpha value is -4.48. The molecule has 4 aromatic rings. The lowest BCUT2D eigenvalue weighted by molar-refractivity contribution is 0.103. The number of carbonyl (C=O) groups excluding carboxylic acids is 1. The van der Waals surface area contributed by atoms with Gasteiger partial charge in [-0.2, -0.15) is 5.26 Å². The molecule has 8 heteroatoms. The van der Waals surface area contributed by atoms with Crippen LogP contribution in [0.5, 0.6) is 0 Å². The summed E-state index contributed by atoms with van der Waals surface area (Å²) >= 11 is 0. The maximum Gasteiger partial charge on any atom is 0.287 e. The van der Waals surface area contributed by atoms with E-state index in [4.69, 9.17) is 0 Å². The first-order valence-electron chi connectivity index (χ1n) is 14.5. The van der Waals surface area contributed by atoms with E-state index in [9.17, 15) is 14.9 Å². The van der Waals surface area contributed by atoms with Gasteiger partial charge in [0.05, 0.1) is 17.7 Å². The quantitative estimate of drug-likeness (QED) is 0.249. The van der Waals surface area contributed by atoms with Crippen LogP contribution in [0.15, 0.2) is 65.7 Å². The van der Waals surface area contributed by atoms with Gasteiger partial charge in [-0.25, -0.2) is 14.4 Å². The van der Waals surface area contributed by atoms with Gasteiger partial charge in [-0.3, -0.25) is 14.2 Å². The first-order chi connectivity index (χ1) is 20.4. The number of aryl methyl sites for hydroxylation is 1. The van der Waals surface area contributed by atoms with Crippen LogP contribution in [0.4, 0.5) is 4.39 Å². The number of nitrogens with zero attached hydrogens (tertiary/aromatic N) is 5. The number of fused-ring (bicyclic) bond motifs is 3. The van der Waals surface area contributed by atoms with Crippen LogP contribution >= 0.6 is 0 Å². The molecule has 212 valence electrons. The molecule has 0 radical (unpaired) electrons. The van der Waals surface area contributed by atoms with Gasteiger partial charge in [0.2, 0.25) is 5.78 Å². The smallest absolute Gasteiger partial charge is 0.287 e. The Kier molecular flexibility index (Phi) is 7.53. The van der Waals surface area contributed by atoms with Crippen molar-refractivity contribution in [3.8, 4) is 28.6 Å². The Labute approximate surface area is 244 Å². The molecule has 0 N–H and O–H groups in total. The molecule has 0 saturated carbocycles. The molecule has 42 heavy (non-hydrogen) atoms. The third-order valence-electron chi connectivity index (χ3n) is 8.70. The number of pyridine rings is 1. The van der Waals surface area contributed by atoms with Crippen LogP contribution in [0, 0.1) is 23.1 Å². The van der Waals surface area contributed by atoms with E-state index in [0.29, 0.717) is 34.5 Å². The van der Waals surface area contributed by atoms with E-state index in [1.165, 1.54) is 17.4 Å². The van der Waals surface area contributed by atoms with E-state index < -0.39 is 17.4 Å². The predicted molar refractivity (Wildman–Crippen MR) is 159 cm³/mol. The van der Waals surface area contributed by atoms with Gasteiger partial charge < -0.3 is 4.90 Å². The minimum Gasteiger partial charge on any atom is -0.306 e. The highest BCUT2D eigenvalue weighted by Crippen LogP contribution is 2.39. The third kappa shape index (κ3) is 5.05. The first-order valence-corrected chi connectivity index (χ1v) is 14.5. The number of carbonyl (C=O) groups is 1. The number of likely N-dealkylation sites (tertiary alicyclic amines) is 1. The highest BCUT2D eigenvalue weighted by atomic mass is 19.1. The largest absolute Gasteiger partial charge is 0.306 e. The van der Waals surface area contributed by atoms with Crippen LogP contribution in [0.25, 0.3) is 22.5 Å². The van der Waals surface area contributed by atoms with E-state index in [1.807, 2.05) is 43.6 Å². The fourth-order valence-electron chi connectivity index (χ4n) is 6.31. The van der Waals surface area contributed by atoms with Gasteiger partial charge in [-0.05, 0) is 105 Å². The van der Waals surface area contributed by atoms with Gasteiger partial charge in [0.1, 0.15) is 5.69 Å². The Morgan fingerprint density at radius 3 is 2.50 bits per heavy atom. The zero-order chi connectivity index (χ0) is 29.4. The zero-order valence-electron chi connectivity index (χ0n) is 23.8. The van der Waals surface area contributed by atoms with E-state index in [0.717, 1.165) is 54.6 Å². The Balaban J connectivity index is 1.30. The molecule has 1 fully saturated rings. The molecule has 0 spiro atoms. The second kappa shape index (κ2) is 11.4. The minimum atomic E-state index is -0.939. The van der Waals surface area contributed by atoms with Crippen LogP contribution in [0.2, 0.25) is 0 Å². The standard InChI is InChI=1S/C34H32FN5O2/c1-3-30(40-31-28(17-29(35)34(40)42)27-15-22(18-36)9-10-26(27)32(31)41)24-5-4-6-25(16-24)33-37-19-23(20-38-33)8-7-21-11-13-39(2)14-12-21/h4-6,9-10,15-17,19-21,30H,3,7-8,11-14H2,1-2H3. The van der Waals surface area contributed by atoms with Gasteiger partial charge in [-0.15, -0.1) is 0 Å². The summed E-state index contributed by atoms with van der Waals surface area (Å²) in [5, 5.41) is 9.36. The molecule has 3 heterocycles. The molecule has 0 bridgehead atoms. The molecule has 1 aliphatic heterocycles. The summed E-state index contributed by atoms with van der Waals surface area (Å²) in [6.07, 6.45) is 8.77. The number of hydrogen-bond donors (Lipinski definition) is 0. The SMILES string of the molecule is CCC(c1cccc(-c2ncc(CCC3CCN(C)CC3)cn2)c1)n1c2c(cc(F)c1=O)-c1cc(C#N)ccc1C2=O. The van der Waals surface area contributed by atoms with E-state index in [-0.39, 0.29) is 11.5 Å². The number of benzene rings is 2. The Morgan fingerprint density at radius 1 is 1.02 bits per heavy atom. The molecule has 6 rings (SSSR count). The predicted octanol–water partition coefficient (Wildman–Crippen LogP) is 5.80. The number of piperidine rings is 1. The zero-order valence-corrected chi connectivity index (χ0v) is 23.8. The molecule has 2 aliphatic rings. The van der Waals surface area contributed by atoms with Crippen molar-refractivity contribution < 1.29 is 9.18 Å². The van der Waals surface area contributed by atoms with Crippen LogP contribution in [-0.4, -0.2) is 45.4 Å². The van der Waals surface area contributed by atoms with Gasteiger partial charge in [-0.1, -0.05) is 25.1 Å². The van der Waals surface area contributed by atoms with Gasteiger partial charge >= 0.3 is 0 Å². The fraction of sp³-hybridized carbons (Fsp3) is 0.324. The van der Waals surface area contributed by atoms with Crippen molar-refractivity contribution in [2.75, 3.05) is 20.1 Å². The molecule has 1 aliphatic carbocycles. The Bertz CT molecular complexity index is 1760. The van der Waals surface area contributed by atoms with E-state index >= 15 is 4.39 Å². The summed E-state index contributed by atoms with van der Waals surface area (Å²) in [4.78, 5) is 38.4. The number of hydrogen-bond acceptors (Lipinski definition) is 6. The molecular weight excluding hydrogens is 529 g/mol. The molecule has 2 aromatic carbocycles. The number of aromatic nitrogens is 3. The third-order valence-corrected chi connectivity index (χ3v) is 8.70. The van der Waals surface area contributed by atoms with Crippen molar-refractivity contribution in [1.82, 2.24) is 19.4 Å². The van der Waals surface area contributed by atoms with Crippen LogP contribution in [0.3, 0.4) is 0 Å². The molecule has 1 saturated heterocycles. The minimum absolute atomic E-state index is 0.147. The van der Waals surface area contributed by atoms with E-state index in [1.54, 1.807) is 18.2 Å².